The number of carbonyl (C=O) groups is 1. The van der Waals surface area contributed by atoms with Gasteiger partial charge in [0.1, 0.15) is 0 Å². The molecule has 2 rings (SSSR count). The molecule has 0 spiro atoms. The molecule has 2 aromatic heterocycles. The van der Waals surface area contributed by atoms with E-state index in [0.29, 0.717) is 11.5 Å². The first-order chi connectivity index (χ1) is 10.8. The molecule has 124 valence electrons. The number of aromatic amines is 1. The van der Waals surface area contributed by atoms with Gasteiger partial charge in [0, 0.05) is 36.7 Å². The summed E-state index contributed by atoms with van der Waals surface area (Å²) in [7, 11) is 1.78. The molecule has 1 atom stereocenters. The lowest BCUT2D eigenvalue weighted by Crippen LogP contribution is -2.30. The van der Waals surface area contributed by atoms with E-state index in [0.717, 1.165) is 17.0 Å². The molecular weight excluding hydrogens is 292 g/mol. The minimum atomic E-state index is -0.117. The van der Waals surface area contributed by atoms with Crippen LogP contribution < -0.4 is 5.32 Å². The number of hydrogen-bond acceptors (Lipinski definition) is 5. The minimum Gasteiger partial charge on any atom is -0.352 e. The van der Waals surface area contributed by atoms with E-state index in [2.05, 4.69) is 25.5 Å². The van der Waals surface area contributed by atoms with Gasteiger partial charge in [-0.2, -0.15) is 5.10 Å². The maximum atomic E-state index is 12.6. The van der Waals surface area contributed by atoms with Gasteiger partial charge >= 0.3 is 0 Å². The third kappa shape index (κ3) is 3.67. The molecule has 0 aromatic carbocycles. The van der Waals surface area contributed by atoms with Crippen LogP contribution in [-0.4, -0.2) is 44.1 Å². The van der Waals surface area contributed by atoms with E-state index in [-0.39, 0.29) is 18.0 Å². The number of hydrogen-bond donors (Lipinski definition) is 2. The third-order valence-electron chi connectivity index (χ3n) is 3.82. The molecule has 0 aliphatic rings. The van der Waals surface area contributed by atoms with Crippen LogP contribution in [0.25, 0.3) is 0 Å². The molecule has 7 heteroatoms. The Kier molecular flexibility index (Phi) is 4.98. The zero-order valence-corrected chi connectivity index (χ0v) is 14.5. The maximum absolute atomic E-state index is 12.6. The fourth-order valence-corrected chi connectivity index (χ4v) is 2.52. The van der Waals surface area contributed by atoms with Crippen LogP contribution in [-0.2, 0) is 0 Å². The van der Waals surface area contributed by atoms with Crippen molar-refractivity contribution < 1.29 is 4.79 Å². The number of carbonyl (C=O) groups excluding carboxylic acids is 1. The van der Waals surface area contributed by atoms with Crippen LogP contribution >= 0.6 is 0 Å². The van der Waals surface area contributed by atoms with Crippen LogP contribution in [0.2, 0.25) is 0 Å². The highest BCUT2D eigenvalue weighted by Gasteiger charge is 2.23. The molecule has 0 saturated carbocycles. The molecule has 2 N–H and O–H groups in total. The highest BCUT2D eigenvalue weighted by atomic mass is 16.2. The molecule has 7 nitrogen and oxygen atoms in total. The van der Waals surface area contributed by atoms with Gasteiger partial charge < -0.3 is 10.2 Å². The molecule has 2 heterocycles. The van der Waals surface area contributed by atoms with Gasteiger partial charge in [0.15, 0.2) is 0 Å². The summed E-state index contributed by atoms with van der Waals surface area (Å²) in [6.45, 7) is 9.89. The second-order valence-electron chi connectivity index (χ2n) is 6.03. The van der Waals surface area contributed by atoms with Crippen LogP contribution in [0, 0.1) is 13.8 Å². The largest absolute Gasteiger partial charge is 0.352 e. The number of amides is 1. The molecule has 0 bridgehead atoms. The number of nitrogens with zero attached hydrogens (tertiary/aromatic N) is 4. The highest BCUT2D eigenvalue weighted by molar-refractivity contribution is 5.93. The average Bonchev–Trinajstić information content (AvgIpc) is 2.84. The number of aromatic nitrogens is 4. The van der Waals surface area contributed by atoms with Gasteiger partial charge in [-0.25, -0.2) is 9.97 Å². The van der Waals surface area contributed by atoms with Crippen molar-refractivity contribution in [1.29, 1.82) is 0 Å². The lowest BCUT2D eigenvalue weighted by atomic mass is 10.0. The van der Waals surface area contributed by atoms with Gasteiger partial charge in [0.05, 0.1) is 17.3 Å². The maximum Gasteiger partial charge on any atom is 0.257 e. The molecular formula is C16H24N6O. The molecule has 0 fully saturated rings. The summed E-state index contributed by atoms with van der Waals surface area (Å²) in [5.41, 5.74) is 3.39. The average molecular weight is 316 g/mol. The molecule has 2 aromatic rings. The van der Waals surface area contributed by atoms with Crippen LogP contribution in [0.15, 0.2) is 12.4 Å². The van der Waals surface area contributed by atoms with E-state index >= 15 is 0 Å². The Bertz CT molecular complexity index is 657. The van der Waals surface area contributed by atoms with Crippen molar-refractivity contribution >= 4 is 11.9 Å². The Morgan fingerprint density at radius 2 is 1.83 bits per heavy atom. The van der Waals surface area contributed by atoms with Crippen molar-refractivity contribution in [3.05, 3.63) is 34.9 Å². The SMILES string of the molecule is Cc1n[nH]c(C)c1C(C)N(C)C(=O)c1cnc(NC(C)C)nc1. The first kappa shape index (κ1) is 16.9. The predicted octanol–water partition coefficient (Wildman–Crippen LogP) is 2.47. The number of H-pyrrole nitrogens is 1. The number of anilines is 1. The number of rotatable bonds is 5. The third-order valence-corrected chi connectivity index (χ3v) is 3.82. The fourth-order valence-electron chi connectivity index (χ4n) is 2.52. The Morgan fingerprint density at radius 1 is 1.22 bits per heavy atom. The monoisotopic (exact) mass is 316 g/mol. The minimum absolute atomic E-state index is 0.0882. The Morgan fingerprint density at radius 3 is 2.30 bits per heavy atom. The van der Waals surface area contributed by atoms with E-state index in [9.17, 15) is 4.79 Å². The van der Waals surface area contributed by atoms with E-state index in [4.69, 9.17) is 0 Å². The highest BCUT2D eigenvalue weighted by Crippen LogP contribution is 2.25. The molecule has 23 heavy (non-hydrogen) atoms. The second kappa shape index (κ2) is 6.76. The number of nitrogens with one attached hydrogen (secondary N) is 2. The van der Waals surface area contributed by atoms with Crippen molar-refractivity contribution in [3.63, 3.8) is 0 Å². The summed E-state index contributed by atoms with van der Waals surface area (Å²) in [4.78, 5) is 22.7. The van der Waals surface area contributed by atoms with E-state index in [1.807, 2.05) is 34.6 Å². The Hall–Kier alpha value is -2.44. The van der Waals surface area contributed by atoms with Crippen molar-refractivity contribution in [2.45, 2.75) is 46.7 Å². The van der Waals surface area contributed by atoms with E-state index in [1.54, 1.807) is 24.3 Å². The summed E-state index contributed by atoms with van der Waals surface area (Å²) >= 11 is 0. The summed E-state index contributed by atoms with van der Waals surface area (Å²) in [6.07, 6.45) is 3.11. The zero-order valence-electron chi connectivity index (χ0n) is 14.5. The van der Waals surface area contributed by atoms with Crippen LogP contribution in [0.3, 0.4) is 0 Å². The summed E-state index contributed by atoms with van der Waals surface area (Å²) < 4.78 is 0. The van der Waals surface area contributed by atoms with Crippen LogP contribution in [0.5, 0.6) is 0 Å². The number of aryl methyl sites for hydroxylation is 2. The van der Waals surface area contributed by atoms with Gasteiger partial charge in [-0.1, -0.05) is 0 Å². The summed E-state index contributed by atoms with van der Waals surface area (Å²) in [5, 5.41) is 10.3. The van der Waals surface area contributed by atoms with Crippen LogP contribution in [0.1, 0.15) is 54.1 Å². The second-order valence-corrected chi connectivity index (χ2v) is 6.03. The van der Waals surface area contributed by atoms with E-state index < -0.39 is 0 Å². The molecule has 0 radical (unpaired) electrons. The molecule has 0 aliphatic carbocycles. The topological polar surface area (TPSA) is 86.8 Å². The first-order valence-corrected chi connectivity index (χ1v) is 7.68. The lowest BCUT2D eigenvalue weighted by Gasteiger charge is -2.25. The molecule has 1 unspecified atom stereocenters. The van der Waals surface area contributed by atoms with Gasteiger partial charge in [-0.15, -0.1) is 0 Å². The first-order valence-electron chi connectivity index (χ1n) is 7.68. The smallest absolute Gasteiger partial charge is 0.257 e. The Labute approximate surface area is 136 Å². The zero-order chi connectivity index (χ0) is 17.1. The molecule has 0 saturated heterocycles. The predicted molar refractivity (Wildman–Crippen MR) is 89.4 cm³/mol. The lowest BCUT2D eigenvalue weighted by molar-refractivity contribution is 0.0741. The van der Waals surface area contributed by atoms with Crippen molar-refractivity contribution in [3.8, 4) is 0 Å². The van der Waals surface area contributed by atoms with Gasteiger partial charge in [0.25, 0.3) is 5.91 Å². The van der Waals surface area contributed by atoms with Gasteiger partial charge in [-0.05, 0) is 34.6 Å². The van der Waals surface area contributed by atoms with Gasteiger partial charge in [-0.3, -0.25) is 9.89 Å². The molecule has 0 aliphatic heterocycles. The quantitative estimate of drug-likeness (QED) is 0.885. The molecule has 1 amide bonds. The van der Waals surface area contributed by atoms with Crippen LogP contribution in [0.4, 0.5) is 5.95 Å². The normalized spacial score (nSPS) is 12.3. The van der Waals surface area contributed by atoms with Crippen molar-refractivity contribution in [2.75, 3.05) is 12.4 Å². The van der Waals surface area contributed by atoms with E-state index in [1.165, 1.54) is 0 Å². The van der Waals surface area contributed by atoms with Crippen molar-refractivity contribution in [1.82, 2.24) is 25.1 Å². The summed E-state index contributed by atoms with van der Waals surface area (Å²) in [6, 6.07) is 0.154. The van der Waals surface area contributed by atoms with Gasteiger partial charge in [0.2, 0.25) is 5.95 Å². The fraction of sp³-hybridized carbons (Fsp3) is 0.500. The summed E-state index contributed by atoms with van der Waals surface area (Å²) in [5.74, 6) is 0.405. The van der Waals surface area contributed by atoms with Crippen molar-refractivity contribution in [2.24, 2.45) is 0 Å². The standard InChI is InChI=1S/C16H24N6O/c1-9(2)19-16-17-7-13(8-18-16)15(23)22(6)12(5)14-10(3)20-21-11(14)4/h7-9,12H,1-6H3,(H,20,21)(H,17,18,19). The Balaban J connectivity index is 2.16.